The first-order valence-corrected chi connectivity index (χ1v) is 11.4. The Kier molecular flexibility index (Phi) is 5.96. The Morgan fingerprint density at radius 3 is 2.66 bits per heavy atom. The van der Waals surface area contributed by atoms with Crippen molar-refractivity contribution >= 4 is 35.2 Å². The third kappa shape index (κ3) is 3.75. The second kappa shape index (κ2) is 8.70. The molecule has 9 nitrogen and oxygen atoms in total. The SMILES string of the molecule is CC[C@H](Cc1nsc(C(N)=O)c1C)C(=O)N[C@@H]1C(=O)N2CCCN2C(=O)c2ccccc21. The van der Waals surface area contributed by atoms with E-state index in [2.05, 4.69) is 9.69 Å². The standard InChI is InChI=1S/C22H25N5O4S/c1-3-13(11-16-12(2)18(19(23)28)32-25-16)20(29)24-17-14-7-4-5-8-15(14)21(30)26-9-6-10-27(26)22(17)31/h4-5,7-8,13,17H,3,6,9-11H2,1-2H3,(H2,23,28)(H,24,29)/t13-,17+/m1/s1. The van der Waals surface area contributed by atoms with E-state index in [4.69, 9.17) is 5.73 Å². The molecule has 10 heteroatoms. The van der Waals surface area contributed by atoms with Gasteiger partial charge >= 0.3 is 0 Å². The van der Waals surface area contributed by atoms with E-state index in [-0.39, 0.29) is 17.7 Å². The molecule has 0 aliphatic carbocycles. The normalized spacial score (nSPS) is 18.8. The average molecular weight is 456 g/mol. The predicted molar refractivity (Wildman–Crippen MR) is 118 cm³/mol. The summed E-state index contributed by atoms with van der Waals surface area (Å²) in [6, 6.07) is 5.96. The van der Waals surface area contributed by atoms with Crippen LogP contribution in [0.2, 0.25) is 0 Å². The Hall–Kier alpha value is -3.27. The van der Waals surface area contributed by atoms with Gasteiger partial charge < -0.3 is 11.1 Å². The molecule has 1 fully saturated rings. The molecule has 2 aliphatic heterocycles. The monoisotopic (exact) mass is 455 g/mol. The van der Waals surface area contributed by atoms with E-state index in [1.165, 1.54) is 10.0 Å². The van der Waals surface area contributed by atoms with Gasteiger partial charge in [0.15, 0.2) is 0 Å². The first-order chi connectivity index (χ1) is 15.3. The molecule has 2 aliphatic rings. The van der Waals surface area contributed by atoms with Crippen molar-refractivity contribution in [3.8, 4) is 0 Å². The number of fused-ring (bicyclic) bond motifs is 2. The molecule has 4 rings (SSSR count). The van der Waals surface area contributed by atoms with Crippen molar-refractivity contribution in [2.75, 3.05) is 13.1 Å². The molecule has 0 saturated carbocycles. The van der Waals surface area contributed by atoms with Crippen molar-refractivity contribution in [3.05, 3.63) is 51.5 Å². The highest BCUT2D eigenvalue weighted by atomic mass is 32.1. The molecule has 0 spiro atoms. The van der Waals surface area contributed by atoms with Gasteiger partial charge in [0.1, 0.15) is 10.9 Å². The first-order valence-electron chi connectivity index (χ1n) is 10.6. The fourth-order valence-electron chi connectivity index (χ4n) is 4.26. The van der Waals surface area contributed by atoms with Crippen molar-refractivity contribution in [1.29, 1.82) is 0 Å². The van der Waals surface area contributed by atoms with E-state index in [0.717, 1.165) is 11.5 Å². The number of nitrogens with zero attached hydrogens (tertiary/aromatic N) is 3. The Bertz CT molecular complexity index is 1100. The highest BCUT2D eigenvalue weighted by molar-refractivity contribution is 7.08. The molecule has 0 bridgehead atoms. The maximum absolute atomic E-state index is 13.3. The van der Waals surface area contributed by atoms with E-state index in [1.807, 2.05) is 6.92 Å². The van der Waals surface area contributed by atoms with Gasteiger partial charge in [-0.2, -0.15) is 4.37 Å². The zero-order valence-corrected chi connectivity index (χ0v) is 18.8. The second-order valence-electron chi connectivity index (χ2n) is 8.03. The summed E-state index contributed by atoms with van der Waals surface area (Å²) in [6.07, 6.45) is 1.55. The number of nitrogens with two attached hydrogens (primary N) is 1. The van der Waals surface area contributed by atoms with Crippen LogP contribution >= 0.6 is 11.5 Å². The lowest BCUT2D eigenvalue weighted by Gasteiger charge is -2.28. The zero-order valence-electron chi connectivity index (χ0n) is 18.0. The topological polar surface area (TPSA) is 126 Å². The number of carbonyl (C=O) groups is 4. The minimum absolute atomic E-state index is 0.229. The third-order valence-electron chi connectivity index (χ3n) is 6.10. The molecule has 1 aromatic carbocycles. The molecule has 4 amide bonds. The van der Waals surface area contributed by atoms with E-state index in [9.17, 15) is 19.2 Å². The van der Waals surface area contributed by atoms with Crippen LogP contribution in [0.1, 0.15) is 62.7 Å². The van der Waals surface area contributed by atoms with E-state index < -0.39 is 17.9 Å². The van der Waals surface area contributed by atoms with Gasteiger partial charge in [0.2, 0.25) is 5.91 Å². The van der Waals surface area contributed by atoms with Crippen LogP contribution in [0.25, 0.3) is 0 Å². The summed E-state index contributed by atoms with van der Waals surface area (Å²) in [5, 5.41) is 5.80. The second-order valence-corrected chi connectivity index (χ2v) is 8.80. The fourth-order valence-corrected chi connectivity index (χ4v) is 5.02. The van der Waals surface area contributed by atoms with Crippen molar-refractivity contribution < 1.29 is 19.2 Å². The van der Waals surface area contributed by atoms with Gasteiger partial charge in [-0.25, -0.2) is 10.0 Å². The van der Waals surface area contributed by atoms with Gasteiger partial charge in [-0.1, -0.05) is 25.1 Å². The Morgan fingerprint density at radius 1 is 1.25 bits per heavy atom. The molecule has 1 saturated heterocycles. The number of amides is 4. The van der Waals surface area contributed by atoms with Crippen molar-refractivity contribution in [2.45, 2.75) is 39.2 Å². The minimum Gasteiger partial charge on any atom is -0.365 e. The maximum Gasteiger partial charge on any atom is 0.272 e. The molecule has 168 valence electrons. The number of carbonyl (C=O) groups excluding carboxylic acids is 4. The predicted octanol–water partition coefficient (Wildman–Crippen LogP) is 1.58. The molecule has 0 radical (unpaired) electrons. The molecule has 2 atom stereocenters. The number of primary amides is 1. The maximum atomic E-state index is 13.3. The Balaban J connectivity index is 1.60. The summed E-state index contributed by atoms with van der Waals surface area (Å²) in [7, 11) is 0. The van der Waals surface area contributed by atoms with Crippen LogP contribution in [-0.4, -0.2) is 51.1 Å². The highest BCUT2D eigenvalue weighted by Crippen LogP contribution is 2.30. The highest BCUT2D eigenvalue weighted by Gasteiger charge is 2.42. The molecular formula is C22H25N5O4S. The van der Waals surface area contributed by atoms with Crippen LogP contribution in [-0.2, 0) is 16.0 Å². The van der Waals surface area contributed by atoms with Crippen LogP contribution in [0.5, 0.6) is 0 Å². The van der Waals surface area contributed by atoms with Crippen LogP contribution in [0.3, 0.4) is 0 Å². The number of hydrogen-bond acceptors (Lipinski definition) is 6. The molecule has 3 heterocycles. The number of nitrogens with one attached hydrogen (secondary N) is 1. The number of benzene rings is 1. The zero-order chi connectivity index (χ0) is 23.0. The molecule has 0 unspecified atom stereocenters. The summed E-state index contributed by atoms with van der Waals surface area (Å²) >= 11 is 1.03. The molecular weight excluding hydrogens is 430 g/mol. The first kappa shape index (κ1) is 21.9. The average Bonchev–Trinajstić information content (AvgIpc) is 3.40. The number of aromatic nitrogens is 1. The van der Waals surface area contributed by atoms with Crippen LogP contribution < -0.4 is 11.1 Å². The molecule has 2 aromatic rings. The van der Waals surface area contributed by atoms with Crippen molar-refractivity contribution in [2.24, 2.45) is 11.7 Å². The molecule has 32 heavy (non-hydrogen) atoms. The van der Waals surface area contributed by atoms with Crippen molar-refractivity contribution in [1.82, 2.24) is 19.7 Å². The lowest BCUT2D eigenvalue weighted by Crippen LogP contribution is -2.48. The Labute approximate surface area is 189 Å². The van der Waals surface area contributed by atoms with Gasteiger partial charge in [-0.15, -0.1) is 0 Å². The summed E-state index contributed by atoms with van der Waals surface area (Å²) in [5.41, 5.74) is 7.64. The smallest absolute Gasteiger partial charge is 0.272 e. The summed E-state index contributed by atoms with van der Waals surface area (Å²) in [5.74, 6) is -1.83. The van der Waals surface area contributed by atoms with E-state index >= 15 is 0 Å². The van der Waals surface area contributed by atoms with Gasteiger partial charge in [0, 0.05) is 31.0 Å². The lowest BCUT2D eigenvalue weighted by atomic mass is 9.95. The number of hydrogen-bond donors (Lipinski definition) is 2. The quantitative estimate of drug-likeness (QED) is 0.684. The summed E-state index contributed by atoms with van der Waals surface area (Å²) < 4.78 is 4.31. The summed E-state index contributed by atoms with van der Waals surface area (Å²) in [4.78, 5) is 51.5. The van der Waals surface area contributed by atoms with E-state index in [0.29, 0.717) is 59.6 Å². The van der Waals surface area contributed by atoms with E-state index in [1.54, 1.807) is 31.2 Å². The van der Waals surface area contributed by atoms with Gasteiger partial charge in [0.25, 0.3) is 17.7 Å². The molecule has 3 N–H and O–H groups in total. The Morgan fingerprint density at radius 2 is 1.97 bits per heavy atom. The van der Waals surface area contributed by atoms with Gasteiger partial charge in [-0.3, -0.25) is 19.2 Å². The van der Waals surface area contributed by atoms with Crippen molar-refractivity contribution in [3.63, 3.8) is 0 Å². The molecule has 1 aromatic heterocycles. The number of rotatable bonds is 6. The summed E-state index contributed by atoms with van der Waals surface area (Å²) in [6.45, 7) is 4.57. The lowest BCUT2D eigenvalue weighted by molar-refractivity contribution is -0.144. The number of hydrazine groups is 1. The van der Waals surface area contributed by atoms with Gasteiger partial charge in [-0.05, 0) is 48.5 Å². The van der Waals surface area contributed by atoms with Crippen LogP contribution in [0.4, 0.5) is 0 Å². The van der Waals surface area contributed by atoms with Crippen LogP contribution in [0.15, 0.2) is 24.3 Å². The minimum atomic E-state index is -0.947. The van der Waals surface area contributed by atoms with Gasteiger partial charge in [0.05, 0.1) is 5.69 Å². The fraction of sp³-hybridized carbons (Fsp3) is 0.409. The van der Waals surface area contributed by atoms with Crippen LogP contribution in [0, 0.1) is 12.8 Å². The third-order valence-corrected chi connectivity index (χ3v) is 7.11. The largest absolute Gasteiger partial charge is 0.365 e.